The molecule has 0 bridgehead atoms. The van der Waals surface area contributed by atoms with Crippen LogP contribution in [0.4, 0.5) is 34.1 Å². The van der Waals surface area contributed by atoms with Gasteiger partial charge in [0, 0.05) is 56.4 Å². The SMILES string of the molecule is CC(C)(C)c1ccc(N(c2ccc(C(C)(C)C)cc2)c2ccc3c(c2)oc2cc4c(cc23)C(C)(C)c2cc(C(C)(C)C)cc3c2B4c2cc(C(C)(C)C)ccc2N3c2ccc(C(C)(C)C)cc2)cc1. The second kappa shape index (κ2) is 15.5. The van der Waals surface area contributed by atoms with Crippen molar-refractivity contribution in [2.75, 3.05) is 9.80 Å². The van der Waals surface area contributed by atoms with Gasteiger partial charge in [0.15, 0.2) is 0 Å². The Morgan fingerprint density at radius 3 is 1.41 bits per heavy atom. The molecule has 1 aromatic heterocycles. The van der Waals surface area contributed by atoms with Gasteiger partial charge < -0.3 is 14.2 Å². The number of rotatable bonds is 4. The van der Waals surface area contributed by atoms with Crippen molar-refractivity contribution in [1.82, 2.24) is 0 Å². The fourth-order valence-corrected chi connectivity index (χ4v) is 11.1. The summed E-state index contributed by atoms with van der Waals surface area (Å²) < 4.78 is 7.13. The molecule has 0 amide bonds. The highest BCUT2D eigenvalue weighted by atomic mass is 16.3. The molecule has 0 fully saturated rings. The third-order valence-corrected chi connectivity index (χ3v) is 15.5. The zero-order valence-electron chi connectivity index (χ0n) is 44.6. The minimum atomic E-state index is -0.301. The lowest BCUT2D eigenvalue weighted by Crippen LogP contribution is -2.64. The molecule has 0 N–H and O–H groups in total. The number of hydrogen-bond acceptors (Lipinski definition) is 3. The molecular weight excluding hydrogens is 836 g/mol. The maximum Gasteiger partial charge on any atom is 0.247 e. The molecule has 3 nitrogen and oxygen atoms in total. The molecule has 4 heteroatoms. The molecule has 0 spiro atoms. The van der Waals surface area contributed by atoms with E-state index in [1.54, 1.807) is 0 Å². The van der Waals surface area contributed by atoms with Gasteiger partial charge in [-0.2, -0.15) is 0 Å². The van der Waals surface area contributed by atoms with Crippen LogP contribution in [0.2, 0.25) is 0 Å². The Morgan fingerprint density at radius 2 is 0.884 bits per heavy atom. The summed E-state index contributed by atoms with van der Waals surface area (Å²) in [5.74, 6) is 0. The van der Waals surface area contributed by atoms with Crippen molar-refractivity contribution in [3.63, 3.8) is 0 Å². The van der Waals surface area contributed by atoms with Crippen LogP contribution in [0.25, 0.3) is 21.9 Å². The van der Waals surface area contributed by atoms with Gasteiger partial charge in [0.05, 0.1) is 0 Å². The number of benzene rings is 7. The summed E-state index contributed by atoms with van der Waals surface area (Å²) in [6.07, 6.45) is 0. The highest BCUT2D eigenvalue weighted by molar-refractivity contribution is 6.99. The molecule has 2 aliphatic rings. The molecule has 7 aromatic carbocycles. The van der Waals surface area contributed by atoms with E-state index in [-0.39, 0.29) is 39.2 Å². The Kier molecular flexibility index (Phi) is 10.5. The average Bonchev–Trinajstić information content (AvgIpc) is 3.62. The molecule has 0 aliphatic carbocycles. The van der Waals surface area contributed by atoms with Crippen molar-refractivity contribution in [3.8, 4) is 0 Å². The van der Waals surface area contributed by atoms with E-state index in [2.05, 4.69) is 261 Å². The molecular formula is C65H73BN2O. The molecule has 0 saturated heterocycles. The number of anilines is 6. The van der Waals surface area contributed by atoms with Crippen LogP contribution in [0, 0.1) is 0 Å². The Hall–Kier alpha value is -6.00. The van der Waals surface area contributed by atoms with Crippen molar-refractivity contribution in [3.05, 3.63) is 172 Å². The van der Waals surface area contributed by atoms with Crippen molar-refractivity contribution >= 4 is 79.2 Å². The highest BCUT2D eigenvalue weighted by Crippen LogP contribution is 2.47. The third-order valence-electron chi connectivity index (χ3n) is 15.5. The molecule has 0 radical (unpaired) electrons. The van der Waals surface area contributed by atoms with Gasteiger partial charge in [0.1, 0.15) is 11.2 Å². The standard InChI is InChI=1S/C65H73BN2O/c1-60(2,3)40-18-25-45(26-19-40)67(46-27-20-41(21-28-46)61(4,5)6)48-31-32-49-50-38-51-53(39-58(50)69-57(49)37-48)66-54-35-43(63(10,11)12)24-33-55(54)68(47-29-22-42(23-30-47)62(7,8)9)56-36-44(64(13,14)15)34-52(59(56)66)65(51,16)17/h18-39H,1-17H3. The Balaban J connectivity index is 1.19. The Labute approximate surface area is 414 Å². The van der Waals surface area contributed by atoms with E-state index in [1.165, 1.54) is 72.4 Å². The Bertz CT molecular complexity index is 3240. The lowest BCUT2D eigenvalue weighted by Gasteiger charge is -2.46. The van der Waals surface area contributed by atoms with Crippen molar-refractivity contribution < 1.29 is 4.42 Å². The van der Waals surface area contributed by atoms with Gasteiger partial charge in [-0.15, -0.1) is 0 Å². The summed E-state index contributed by atoms with van der Waals surface area (Å²) >= 11 is 0. The fraction of sp³-hybridized carbons (Fsp3) is 0.354. The van der Waals surface area contributed by atoms with Gasteiger partial charge in [-0.25, -0.2) is 0 Å². The Morgan fingerprint density at radius 1 is 0.406 bits per heavy atom. The maximum absolute atomic E-state index is 7.13. The van der Waals surface area contributed by atoms with Crippen molar-refractivity contribution in [2.45, 2.75) is 150 Å². The maximum atomic E-state index is 7.13. The van der Waals surface area contributed by atoms with Crippen LogP contribution < -0.4 is 26.2 Å². The first-order valence-corrected chi connectivity index (χ1v) is 25.4. The van der Waals surface area contributed by atoms with Gasteiger partial charge in [-0.3, -0.25) is 0 Å². The lowest BCUT2D eigenvalue weighted by atomic mass is 9.30. The molecule has 69 heavy (non-hydrogen) atoms. The van der Waals surface area contributed by atoms with Crippen LogP contribution >= 0.6 is 0 Å². The summed E-state index contributed by atoms with van der Waals surface area (Å²) in [6, 6.07) is 51.6. The average molecular weight is 909 g/mol. The highest BCUT2D eigenvalue weighted by Gasteiger charge is 2.47. The van der Waals surface area contributed by atoms with E-state index in [0.717, 1.165) is 39.0 Å². The molecule has 0 atom stereocenters. The molecule has 0 saturated carbocycles. The molecule has 10 rings (SSSR count). The minimum Gasteiger partial charge on any atom is -0.456 e. The second-order valence-electron chi connectivity index (χ2n) is 26.1. The molecule has 8 aromatic rings. The molecule has 352 valence electrons. The van der Waals surface area contributed by atoms with Crippen LogP contribution in [-0.4, -0.2) is 6.71 Å². The second-order valence-corrected chi connectivity index (χ2v) is 26.1. The summed E-state index contributed by atoms with van der Waals surface area (Å²) in [4.78, 5) is 4.94. The smallest absolute Gasteiger partial charge is 0.247 e. The fourth-order valence-electron chi connectivity index (χ4n) is 11.1. The largest absolute Gasteiger partial charge is 0.456 e. The van der Waals surface area contributed by atoms with E-state index >= 15 is 0 Å². The summed E-state index contributed by atoms with van der Waals surface area (Å²) in [6.45, 7) is 39.5. The van der Waals surface area contributed by atoms with Crippen LogP contribution in [-0.2, 0) is 32.5 Å². The molecule has 0 unspecified atom stereocenters. The van der Waals surface area contributed by atoms with Gasteiger partial charge in [0.25, 0.3) is 0 Å². The first-order valence-electron chi connectivity index (χ1n) is 25.4. The van der Waals surface area contributed by atoms with Crippen LogP contribution in [0.15, 0.2) is 138 Å². The topological polar surface area (TPSA) is 19.6 Å². The first-order chi connectivity index (χ1) is 32.1. The quantitative estimate of drug-likeness (QED) is 0.164. The van der Waals surface area contributed by atoms with E-state index < -0.39 is 0 Å². The van der Waals surface area contributed by atoms with E-state index in [9.17, 15) is 0 Å². The first kappa shape index (κ1) is 46.7. The van der Waals surface area contributed by atoms with Crippen LogP contribution in [0.1, 0.15) is 157 Å². The summed E-state index contributed by atoms with van der Waals surface area (Å²) in [7, 11) is 0. The summed E-state index contributed by atoms with van der Waals surface area (Å²) in [5, 5.41) is 2.30. The van der Waals surface area contributed by atoms with Crippen molar-refractivity contribution in [2.24, 2.45) is 0 Å². The lowest BCUT2D eigenvalue weighted by molar-refractivity contribution is 0.583. The number of nitrogens with zero attached hydrogens (tertiary/aromatic N) is 2. The zero-order chi connectivity index (χ0) is 49.5. The van der Waals surface area contributed by atoms with Crippen LogP contribution in [0.5, 0.6) is 0 Å². The van der Waals surface area contributed by atoms with Crippen molar-refractivity contribution in [1.29, 1.82) is 0 Å². The van der Waals surface area contributed by atoms with E-state index in [0.29, 0.717) is 0 Å². The van der Waals surface area contributed by atoms with E-state index in [4.69, 9.17) is 4.42 Å². The van der Waals surface area contributed by atoms with E-state index in [1.807, 2.05) is 0 Å². The predicted molar refractivity (Wildman–Crippen MR) is 300 cm³/mol. The van der Waals surface area contributed by atoms with Crippen LogP contribution in [0.3, 0.4) is 0 Å². The number of furan rings is 1. The monoisotopic (exact) mass is 909 g/mol. The van der Waals surface area contributed by atoms with Gasteiger partial charge >= 0.3 is 0 Å². The molecule has 3 heterocycles. The summed E-state index contributed by atoms with van der Waals surface area (Å²) in [5.41, 5.74) is 22.1. The molecule has 2 aliphatic heterocycles. The number of fused-ring (bicyclic) bond motifs is 7. The van der Waals surface area contributed by atoms with Gasteiger partial charge in [-0.1, -0.05) is 178 Å². The number of hydrogen-bond donors (Lipinski definition) is 0. The van der Waals surface area contributed by atoms with Gasteiger partial charge in [-0.05, 0) is 150 Å². The minimum absolute atomic E-state index is 0.0187. The third kappa shape index (κ3) is 7.91. The van der Waals surface area contributed by atoms with Gasteiger partial charge in [0.2, 0.25) is 6.71 Å². The zero-order valence-corrected chi connectivity index (χ0v) is 44.6. The normalized spacial score (nSPS) is 14.8. The predicted octanol–water partition coefficient (Wildman–Crippen LogP) is 16.5.